The fourth-order valence-electron chi connectivity index (χ4n) is 2.55. The molecular formula is C18H19N5OS. The minimum Gasteiger partial charge on any atom is -0.347 e. The van der Waals surface area contributed by atoms with Crippen molar-refractivity contribution in [2.75, 3.05) is 0 Å². The van der Waals surface area contributed by atoms with Crippen molar-refractivity contribution >= 4 is 17.2 Å². The molecule has 7 heteroatoms. The predicted molar refractivity (Wildman–Crippen MR) is 97.7 cm³/mol. The van der Waals surface area contributed by atoms with Crippen molar-refractivity contribution in [1.29, 1.82) is 0 Å². The summed E-state index contributed by atoms with van der Waals surface area (Å²) in [4.78, 5) is 15.6. The highest BCUT2D eigenvalue weighted by Crippen LogP contribution is 2.28. The number of carbonyl (C=O) groups excluding carboxylic acids is 1. The first kappa shape index (κ1) is 17.2. The highest BCUT2D eigenvalue weighted by Gasteiger charge is 2.19. The van der Waals surface area contributed by atoms with Gasteiger partial charge in [0.1, 0.15) is 10.0 Å². The molecule has 0 saturated heterocycles. The molecule has 6 nitrogen and oxygen atoms in total. The number of benzene rings is 1. The number of pyridine rings is 1. The number of carbonyl (C=O) groups is 1. The Morgan fingerprint density at radius 2 is 1.96 bits per heavy atom. The zero-order valence-corrected chi connectivity index (χ0v) is 14.7. The Morgan fingerprint density at radius 1 is 1.20 bits per heavy atom. The summed E-state index contributed by atoms with van der Waals surface area (Å²) in [5, 5.41) is 13.1. The molecule has 1 aromatic carbocycles. The average Bonchev–Trinajstić information content (AvgIpc) is 3.12. The van der Waals surface area contributed by atoms with Crippen LogP contribution in [0.15, 0.2) is 48.8 Å². The van der Waals surface area contributed by atoms with Gasteiger partial charge in [-0.2, -0.15) is 0 Å². The van der Waals surface area contributed by atoms with Gasteiger partial charge in [0.25, 0.3) is 0 Å². The van der Waals surface area contributed by atoms with E-state index >= 15 is 0 Å². The monoisotopic (exact) mass is 353 g/mol. The van der Waals surface area contributed by atoms with Gasteiger partial charge in [-0.15, -0.1) is 10.2 Å². The van der Waals surface area contributed by atoms with Crippen molar-refractivity contribution in [1.82, 2.24) is 20.5 Å². The molecule has 0 saturated carbocycles. The van der Waals surface area contributed by atoms with Gasteiger partial charge in [-0.25, -0.2) is 0 Å². The first-order valence-corrected chi connectivity index (χ1v) is 8.76. The van der Waals surface area contributed by atoms with Crippen molar-refractivity contribution in [2.24, 2.45) is 5.73 Å². The maximum atomic E-state index is 11.6. The minimum absolute atomic E-state index is 0.0966. The van der Waals surface area contributed by atoms with Crippen molar-refractivity contribution in [3.63, 3.8) is 0 Å². The van der Waals surface area contributed by atoms with Crippen molar-refractivity contribution < 1.29 is 4.79 Å². The molecule has 1 amide bonds. The average molecular weight is 353 g/mol. The number of rotatable bonds is 6. The van der Waals surface area contributed by atoms with Gasteiger partial charge in [-0.3, -0.25) is 9.78 Å². The van der Waals surface area contributed by atoms with Gasteiger partial charge in [0.05, 0.1) is 6.04 Å². The van der Waals surface area contributed by atoms with E-state index in [-0.39, 0.29) is 11.9 Å². The van der Waals surface area contributed by atoms with Gasteiger partial charge >= 0.3 is 0 Å². The van der Waals surface area contributed by atoms with Crippen molar-refractivity contribution in [3.05, 3.63) is 64.9 Å². The van der Waals surface area contributed by atoms with Crippen LogP contribution in [0.25, 0.3) is 10.6 Å². The first-order valence-electron chi connectivity index (χ1n) is 7.94. The third kappa shape index (κ3) is 4.46. The van der Waals surface area contributed by atoms with Crippen LogP contribution in [0.5, 0.6) is 0 Å². The van der Waals surface area contributed by atoms with Crippen LogP contribution in [0.1, 0.15) is 29.1 Å². The van der Waals surface area contributed by atoms with Crippen LogP contribution in [-0.4, -0.2) is 21.1 Å². The lowest BCUT2D eigenvalue weighted by molar-refractivity contribution is -0.119. The Bertz CT molecular complexity index is 849. The SMILES string of the molecule is CC(=O)NC(Cc1cccc(CN)c1)c1nnc(-c2ccncc2)s1. The van der Waals surface area contributed by atoms with Gasteiger partial charge in [0, 0.05) is 31.4 Å². The fraction of sp³-hybridized carbons (Fsp3) is 0.222. The number of amides is 1. The van der Waals surface area contributed by atoms with Gasteiger partial charge in [0.15, 0.2) is 0 Å². The van der Waals surface area contributed by atoms with E-state index in [0.717, 1.165) is 26.7 Å². The number of nitrogens with one attached hydrogen (secondary N) is 1. The molecule has 0 aliphatic heterocycles. The largest absolute Gasteiger partial charge is 0.347 e. The second kappa shape index (κ2) is 7.96. The van der Waals surface area contributed by atoms with Crippen LogP contribution in [0.2, 0.25) is 0 Å². The molecule has 3 aromatic rings. The van der Waals surface area contributed by atoms with Crippen LogP contribution in [0.3, 0.4) is 0 Å². The van der Waals surface area contributed by atoms with Gasteiger partial charge in [0.2, 0.25) is 5.91 Å². The van der Waals surface area contributed by atoms with Crippen molar-refractivity contribution in [2.45, 2.75) is 25.9 Å². The maximum absolute atomic E-state index is 11.6. The summed E-state index contributed by atoms with van der Waals surface area (Å²) in [6.07, 6.45) is 4.08. The highest BCUT2D eigenvalue weighted by molar-refractivity contribution is 7.14. The molecule has 3 N–H and O–H groups in total. The number of nitrogens with two attached hydrogens (primary N) is 1. The Kier molecular flexibility index (Phi) is 5.47. The highest BCUT2D eigenvalue weighted by atomic mass is 32.1. The number of aromatic nitrogens is 3. The van der Waals surface area contributed by atoms with E-state index in [9.17, 15) is 4.79 Å². The quantitative estimate of drug-likeness (QED) is 0.710. The molecule has 0 spiro atoms. The second-order valence-corrected chi connectivity index (χ2v) is 6.67. The van der Waals surface area contributed by atoms with Gasteiger partial charge in [-0.05, 0) is 29.7 Å². The Morgan fingerprint density at radius 3 is 2.68 bits per heavy atom. The maximum Gasteiger partial charge on any atom is 0.217 e. The molecule has 2 heterocycles. The first-order chi connectivity index (χ1) is 12.2. The second-order valence-electron chi connectivity index (χ2n) is 5.66. The molecule has 0 aliphatic carbocycles. The molecule has 128 valence electrons. The summed E-state index contributed by atoms with van der Waals surface area (Å²) < 4.78 is 0. The summed E-state index contributed by atoms with van der Waals surface area (Å²) in [6.45, 7) is 2.00. The molecule has 0 bridgehead atoms. The molecule has 1 unspecified atom stereocenters. The van der Waals surface area contributed by atoms with Crippen LogP contribution in [0.4, 0.5) is 0 Å². The van der Waals surface area contributed by atoms with Crippen molar-refractivity contribution in [3.8, 4) is 10.6 Å². The Labute approximate surface area is 150 Å². The minimum atomic E-state index is -0.224. The number of nitrogens with zero attached hydrogens (tertiary/aromatic N) is 3. The molecular weight excluding hydrogens is 334 g/mol. The van der Waals surface area contributed by atoms with Crippen LogP contribution >= 0.6 is 11.3 Å². The third-order valence-electron chi connectivity index (χ3n) is 3.71. The summed E-state index contributed by atoms with van der Waals surface area (Å²) in [5.74, 6) is -0.0966. The lowest BCUT2D eigenvalue weighted by atomic mass is 10.0. The number of hydrogen-bond donors (Lipinski definition) is 2. The summed E-state index contributed by atoms with van der Waals surface area (Å²) in [7, 11) is 0. The summed E-state index contributed by atoms with van der Waals surface area (Å²) in [5.41, 5.74) is 8.84. The van der Waals surface area contributed by atoms with Crippen LogP contribution in [-0.2, 0) is 17.8 Å². The topological polar surface area (TPSA) is 93.8 Å². The molecule has 1 atom stereocenters. The predicted octanol–water partition coefficient (Wildman–Crippen LogP) is 2.48. The molecule has 0 fully saturated rings. The van der Waals surface area contributed by atoms with Gasteiger partial charge < -0.3 is 11.1 Å². The van der Waals surface area contributed by atoms with E-state index in [2.05, 4.69) is 26.6 Å². The van der Waals surface area contributed by atoms with E-state index in [4.69, 9.17) is 5.73 Å². The summed E-state index contributed by atoms with van der Waals surface area (Å²) in [6, 6.07) is 11.6. The molecule has 0 aliphatic rings. The third-order valence-corrected chi connectivity index (χ3v) is 4.80. The van der Waals surface area contributed by atoms with E-state index < -0.39 is 0 Å². The van der Waals surface area contributed by atoms with E-state index in [1.165, 1.54) is 18.3 Å². The lowest BCUT2D eigenvalue weighted by Gasteiger charge is -2.15. The molecule has 2 aromatic heterocycles. The lowest BCUT2D eigenvalue weighted by Crippen LogP contribution is -2.27. The molecule has 0 radical (unpaired) electrons. The zero-order chi connectivity index (χ0) is 17.6. The number of hydrogen-bond acceptors (Lipinski definition) is 6. The smallest absolute Gasteiger partial charge is 0.217 e. The zero-order valence-electron chi connectivity index (χ0n) is 13.8. The van der Waals surface area contributed by atoms with Crippen LogP contribution in [0, 0.1) is 0 Å². The normalized spacial score (nSPS) is 11.9. The van der Waals surface area contributed by atoms with E-state index in [0.29, 0.717) is 13.0 Å². The van der Waals surface area contributed by atoms with E-state index in [1.807, 2.05) is 30.3 Å². The standard InChI is InChI=1S/C18H19N5OS/c1-12(24)21-16(10-13-3-2-4-14(9-13)11-19)18-23-22-17(25-18)15-5-7-20-8-6-15/h2-9,16H,10-11,19H2,1H3,(H,21,24). The molecule has 25 heavy (non-hydrogen) atoms. The van der Waals surface area contributed by atoms with E-state index in [1.54, 1.807) is 12.4 Å². The fourth-order valence-corrected chi connectivity index (χ4v) is 3.45. The Balaban J connectivity index is 1.85. The van der Waals surface area contributed by atoms with Gasteiger partial charge in [-0.1, -0.05) is 35.6 Å². The summed E-state index contributed by atoms with van der Waals surface area (Å²) >= 11 is 1.48. The Hall–Kier alpha value is -2.64. The molecule has 3 rings (SSSR count). The van der Waals surface area contributed by atoms with Crippen LogP contribution < -0.4 is 11.1 Å².